The van der Waals surface area contributed by atoms with Crippen LogP contribution in [0.1, 0.15) is 5.56 Å². The molecule has 156 valence electrons. The van der Waals surface area contributed by atoms with Gasteiger partial charge in [0.25, 0.3) is 11.4 Å². The van der Waals surface area contributed by atoms with Crippen molar-refractivity contribution in [3.63, 3.8) is 0 Å². The van der Waals surface area contributed by atoms with Gasteiger partial charge in [0.15, 0.2) is 0 Å². The van der Waals surface area contributed by atoms with Crippen LogP contribution in [-0.2, 0) is 11.3 Å². The summed E-state index contributed by atoms with van der Waals surface area (Å²) in [7, 11) is 1.57. The molecule has 0 radical (unpaired) electrons. The number of carbonyl (C=O) groups excluding carboxylic acids is 1. The van der Waals surface area contributed by atoms with Gasteiger partial charge in [-0.1, -0.05) is 35.0 Å². The van der Waals surface area contributed by atoms with Crippen LogP contribution in [0.15, 0.2) is 76.2 Å². The highest BCUT2D eigenvalue weighted by atomic mass is 19.1. The standard InChI is InChI=1S/C23H19FN4O3/c1-15-3-5-16(6-4-15)22-25-23(31-26-22)17-7-12-20(29)28(13-17)14-21(30)27(2)19-10-8-18(24)9-11-19/h3-13H,14H2,1-2H3. The number of nitrogens with zero attached hydrogens (tertiary/aromatic N) is 4. The number of aryl methyl sites for hydroxylation is 1. The zero-order chi connectivity index (χ0) is 22.0. The van der Waals surface area contributed by atoms with Crippen molar-refractivity contribution in [2.75, 3.05) is 11.9 Å². The third-order valence-electron chi connectivity index (χ3n) is 4.86. The SMILES string of the molecule is Cc1ccc(-c2noc(-c3ccc(=O)n(CC(=O)N(C)c4ccc(F)cc4)c3)n2)cc1. The van der Waals surface area contributed by atoms with E-state index in [-0.39, 0.29) is 23.9 Å². The predicted octanol–water partition coefficient (Wildman–Crippen LogP) is 3.68. The molecule has 8 heteroatoms. The fourth-order valence-electron chi connectivity index (χ4n) is 3.00. The second kappa shape index (κ2) is 8.35. The number of pyridine rings is 1. The van der Waals surface area contributed by atoms with Crippen molar-refractivity contribution in [1.29, 1.82) is 0 Å². The van der Waals surface area contributed by atoms with Gasteiger partial charge in [0.2, 0.25) is 11.7 Å². The van der Waals surface area contributed by atoms with Crippen molar-refractivity contribution in [2.45, 2.75) is 13.5 Å². The number of hydrogen-bond acceptors (Lipinski definition) is 5. The molecular weight excluding hydrogens is 399 g/mol. The topological polar surface area (TPSA) is 81.2 Å². The molecule has 0 aliphatic heterocycles. The number of anilines is 1. The van der Waals surface area contributed by atoms with Crippen LogP contribution in [0.4, 0.5) is 10.1 Å². The van der Waals surface area contributed by atoms with Gasteiger partial charge in [-0.25, -0.2) is 4.39 Å². The molecule has 0 aliphatic carbocycles. The van der Waals surface area contributed by atoms with Crippen molar-refractivity contribution >= 4 is 11.6 Å². The molecular formula is C23H19FN4O3. The Hall–Kier alpha value is -4.07. The molecule has 0 spiro atoms. The molecule has 0 saturated heterocycles. The van der Waals surface area contributed by atoms with Crippen LogP contribution in [0.5, 0.6) is 0 Å². The summed E-state index contributed by atoms with van der Waals surface area (Å²) in [6, 6.07) is 16.2. The Morgan fingerprint density at radius 1 is 1.03 bits per heavy atom. The van der Waals surface area contributed by atoms with E-state index < -0.39 is 5.82 Å². The van der Waals surface area contributed by atoms with Gasteiger partial charge in [-0.3, -0.25) is 9.59 Å². The molecule has 7 nitrogen and oxygen atoms in total. The first-order chi connectivity index (χ1) is 14.9. The van der Waals surface area contributed by atoms with Crippen molar-refractivity contribution in [3.8, 4) is 22.8 Å². The Labute approximate surface area is 177 Å². The van der Waals surface area contributed by atoms with Gasteiger partial charge in [0.1, 0.15) is 12.4 Å². The first-order valence-corrected chi connectivity index (χ1v) is 9.54. The summed E-state index contributed by atoms with van der Waals surface area (Å²) < 4.78 is 19.7. The molecule has 4 rings (SSSR count). The lowest BCUT2D eigenvalue weighted by molar-refractivity contribution is -0.118. The van der Waals surface area contributed by atoms with E-state index in [0.29, 0.717) is 17.1 Å². The lowest BCUT2D eigenvalue weighted by Gasteiger charge is -2.18. The molecule has 0 N–H and O–H groups in total. The van der Waals surface area contributed by atoms with Gasteiger partial charge in [-0.05, 0) is 37.3 Å². The summed E-state index contributed by atoms with van der Waals surface area (Å²) in [6.07, 6.45) is 1.51. The summed E-state index contributed by atoms with van der Waals surface area (Å²) in [6.45, 7) is 1.79. The van der Waals surface area contributed by atoms with Crippen LogP contribution >= 0.6 is 0 Å². The van der Waals surface area contributed by atoms with Crippen molar-refractivity contribution in [3.05, 3.63) is 88.6 Å². The zero-order valence-corrected chi connectivity index (χ0v) is 16.9. The predicted molar refractivity (Wildman–Crippen MR) is 114 cm³/mol. The van der Waals surface area contributed by atoms with Gasteiger partial charge in [-0.15, -0.1) is 0 Å². The minimum Gasteiger partial charge on any atom is -0.334 e. The fourth-order valence-corrected chi connectivity index (χ4v) is 3.00. The van der Waals surface area contributed by atoms with Crippen LogP contribution in [0.25, 0.3) is 22.8 Å². The molecule has 0 aliphatic rings. The summed E-state index contributed by atoms with van der Waals surface area (Å²) in [5, 5.41) is 4.00. The van der Waals surface area contributed by atoms with Crippen LogP contribution in [0, 0.1) is 12.7 Å². The van der Waals surface area contributed by atoms with E-state index in [4.69, 9.17) is 4.52 Å². The quantitative estimate of drug-likeness (QED) is 0.494. The molecule has 0 fully saturated rings. The minimum atomic E-state index is -0.391. The average Bonchev–Trinajstić information content (AvgIpc) is 3.26. The molecule has 0 bridgehead atoms. The maximum Gasteiger partial charge on any atom is 0.259 e. The number of aromatic nitrogens is 3. The van der Waals surface area contributed by atoms with E-state index in [2.05, 4.69) is 10.1 Å². The van der Waals surface area contributed by atoms with Crippen LogP contribution in [0.3, 0.4) is 0 Å². The molecule has 2 heterocycles. The number of amides is 1. The third-order valence-corrected chi connectivity index (χ3v) is 4.86. The zero-order valence-electron chi connectivity index (χ0n) is 16.9. The molecule has 0 unspecified atom stereocenters. The number of likely N-dealkylation sites (N-methyl/N-ethyl adjacent to an activating group) is 1. The first-order valence-electron chi connectivity index (χ1n) is 9.54. The second-order valence-corrected chi connectivity index (χ2v) is 7.10. The Morgan fingerprint density at radius 2 is 1.71 bits per heavy atom. The van der Waals surface area contributed by atoms with Crippen LogP contribution < -0.4 is 10.5 Å². The molecule has 1 amide bonds. The van der Waals surface area contributed by atoms with E-state index in [9.17, 15) is 14.0 Å². The van der Waals surface area contributed by atoms with E-state index in [1.807, 2.05) is 31.2 Å². The normalized spacial score (nSPS) is 10.8. The number of halogens is 1. The lowest BCUT2D eigenvalue weighted by Crippen LogP contribution is -2.33. The molecule has 2 aromatic heterocycles. The third kappa shape index (κ3) is 4.42. The van der Waals surface area contributed by atoms with Crippen molar-refractivity contribution in [1.82, 2.24) is 14.7 Å². The Bertz CT molecular complexity index is 1280. The Morgan fingerprint density at radius 3 is 2.42 bits per heavy atom. The Balaban J connectivity index is 1.56. The number of rotatable bonds is 5. The van der Waals surface area contributed by atoms with E-state index in [1.54, 1.807) is 13.1 Å². The van der Waals surface area contributed by atoms with Crippen molar-refractivity contribution in [2.24, 2.45) is 0 Å². The Kier molecular flexibility index (Phi) is 5.44. The fraction of sp³-hybridized carbons (Fsp3) is 0.130. The number of benzene rings is 2. The highest BCUT2D eigenvalue weighted by molar-refractivity contribution is 5.92. The maximum atomic E-state index is 13.1. The molecule has 4 aromatic rings. The highest BCUT2D eigenvalue weighted by Crippen LogP contribution is 2.22. The molecule has 2 aromatic carbocycles. The largest absolute Gasteiger partial charge is 0.334 e. The van der Waals surface area contributed by atoms with Crippen LogP contribution in [-0.4, -0.2) is 27.7 Å². The van der Waals surface area contributed by atoms with Crippen molar-refractivity contribution < 1.29 is 13.7 Å². The molecule has 0 saturated carbocycles. The minimum absolute atomic E-state index is 0.195. The average molecular weight is 418 g/mol. The van der Waals surface area contributed by atoms with Gasteiger partial charge >= 0.3 is 0 Å². The summed E-state index contributed by atoms with van der Waals surface area (Å²) in [4.78, 5) is 30.7. The first kappa shape index (κ1) is 20.2. The lowest BCUT2D eigenvalue weighted by atomic mass is 10.1. The van der Waals surface area contributed by atoms with Crippen LogP contribution in [0.2, 0.25) is 0 Å². The molecule has 31 heavy (non-hydrogen) atoms. The maximum absolute atomic E-state index is 13.1. The van der Waals surface area contributed by atoms with Gasteiger partial charge < -0.3 is 14.0 Å². The smallest absolute Gasteiger partial charge is 0.259 e. The summed E-state index contributed by atoms with van der Waals surface area (Å²) in [5.41, 5.74) is 2.63. The summed E-state index contributed by atoms with van der Waals surface area (Å²) in [5.74, 6) is -0.0571. The number of carbonyl (C=O) groups is 1. The number of hydrogen-bond donors (Lipinski definition) is 0. The monoisotopic (exact) mass is 418 g/mol. The van der Waals surface area contributed by atoms with Gasteiger partial charge in [0.05, 0.1) is 5.56 Å². The van der Waals surface area contributed by atoms with Gasteiger partial charge in [-0.2, -0.15) is 4.98 Å². The van der Waals surface area contributed by atoms with E-state index >= 15 is 0 Å². The second-order valence-electron chi connectivity index (χ2n) is 7.10. The molecule has 0 atom stereocenters. The summed E-state index contributed by atoms with van der Waals surface area (Å²) >= 11 is 0. The highest BCUT2D eigenvalue weighted by Gasteiger charge is 2.15. The van der Waals surface area contributed by atoms with E-state index in [0.717, 1.165) is 11.1 Å². The van der Waals surface area contributed by atoms with E-state index in [1.165, 1.54) is 46.0 Å². The van der Waals surface area contributed by atoms with Gasteiger partial charge in [0, 0.05) is 30.6 Å².